The van der Waals surface area contributed by atoms with Crippen molar-refractivity contribution in [1.82, 2.24) is 4.90 Å². The van der Waals surface area contributed by atoms with Gasteiger partial charge in [-0.25, -0.2) is 8.42 Å². The zero-order chi connectivity index (χ0) is 16.9. The minimum atomic E-state index is -3.35. The lowest BCUT2D eigenvalue weighted by Gasteiger charge is -2.27. The molecule has 6 heteroatoms. The maximum absolute atomic E-state index is 12.2. The highest BCUT2D eigenvalue weighted by Gasteiger charge is 2.19. The van der Waals surface area contributed by atoms with Crippen LogP contribution in [0.25, 0.3) is 0 Å². The molecule has 1 fully saturated rings. The normalized spacial score (nSPS) is 15.5. The molecule has 0 bridgehead atoms. The van der Waals surface area contributed by atoms with Crippen LogP contribution < -0.4 is 4.31 Å². The highest BCUT2D eigenvalue weighted by Crippen LogP contribution is 2.19. The van der Waals surface area contributed by atoms with Crippen molar-refractivity contribution < 1.29 is 13.2 Å². The fourth-order valence-electron chi connectivity index (χ4n) is 2.87. The van der Waals surface area contributed by atoms with Gasteiger partial charge in [-0.05, 0) is 44.7 Å². The second-order valence-electron chi connectivity index (χ2n) is 6.22. The summed E-state index contributed by atoms with van der Waals surface area (Å²) in [6.07, 6.45) is 5.49. The van der Waals surface area contributed by atoms with Crippen LogP contribution >= 0.6 is 0 Å². The SMILES string of the molecule is Cc1ccc(N(CCCC(=O)N2CCCCC2)S(C)(=O)=O)cc1. The number of hydrogen-bond acceptors (Lipinski definition) is 3. The Labute approximate surface area is 139 Å². The van der Waals surface area contributed by atoms with Gasteiger partial charge < -0.3 is 4.90 Å². The largest absolute Gasteiger partial charge is 0.343 e. The number of likely N-dealkylation sites (tertiary alicyclic amines) is 1. The first-order valence-electron chi connectivity index (χ1n) is 8.20. The lowest BCUT2D eigenvalue weighted by atomic mass is 10.1. The first-order valence-corrected chi connectivity index (χ1v) is 10.0. The van der Waals surface area contributed by atoms with Gasteiger partial charge in [0.25, 0.3) is 0 Å². The number of rotatable bonds is 6. The molecule has 0 radical (unpaired) electrons. The highest BCUT2D eigenvalue weighted by atomic mass is 32.2. The molecule has 5 nitrogen and oxygen atoms in total. The molecular weight excluding hydrogens is 312 g/mol. The zero-order valence-electron chi connectivity index (χ0n) is 14.0. The van der Waals surface area contributed by atoms with E-state index in [1.54, 1.807) is 0 Å². The van der Waals surface area contributed by atoms with Crippen LogP contribution in [0.15, 0.2) is 24.3 Å². The van der Waals surface area contributed by atoms with E-state index in [0.29, 0.717) is 25.1 Å². The van der Waals surface area contributed by atoms with Gasteiger partial charge in [0.1, 0.15) is 0 Å². The van der Waals surface area contributed by atoms with E-state index in [4.69, 9.17) is 0 Å². The number of carbonyl (C=O) groups is 1. The van der Waals surface area contributed by atoms with Gasteiger partial charge in [-0.3, -0.25) is 9.10 Å². The van der Waals surface area contributed by atoms with E-state index >= 15 is 0 Å². The van der Waals surface area contributed by atoms with Crippen LogP contribution in [0.1, 0.15) is 37.7 Å². The van der Waals surface area contributed by atoms with Gasteiger partial charge in [0.15, 0.2) is 0 Å². The van der Waals surface area contributed by atoms with Crippen LogP contribution in [0.4, 0.5) is 5.69 Å². The van der Waals surface area contributed by atoms with E-state index in [1.807, 2.05) is 36.1 Å². The van der Waals surface area contributed by atoms with Gasteiger partial charge in [0.2, 0.25) is 15.9 Å². The Hall–Kier alpha value is -1.56. The Kier molecular flexibility index (Phi) is 6.04. The first kappa shape index (κ1) is 17.8. The van der Waals surface area contributed by atoms with Gasteiger partial charge in [-0.2, -0.15) is 0 Å². The zero-order valence-corrected chi connectivity index (χ0v) is 14.8. The van der Waals surface area contributed by atoms with E-state index in [1.165, 1.54) is 17.0 Å². The second kappa shape index (κ2) is 7.81. The average Bonchev–Trinajstić information content (AvgIpc) is 2.52. The number of piperidine rings is 1. The summed E-state index contributed by atoms with van der Waals surface area (Å²) in [4.78, 5) is 14.1. The van der Waals surface area contributed by atoms with Crippen LogP contribution in [0.3, 0.4) is 0 Å². The van der Waals surface area contributed by atoms with Crippen molar-refractivity contribution in [2.75, 3.05) is 30.2 Å². The molecule has 23 heavy (non-hydrogen) atoms. The maximum atomic E-state index is 12.2. The minimum Gasteiger partial charge on any atom is -0.343 e. The quantitative estimate of drug-likeness (QED) is 0.801. The summed E-state index contributed by atoms with van der Waals surface area (Å²) in [5, 5.41) is 0. The van der Waals surface area contributed by atoms with E-state index in [-0.39, 0.29) is 5.91 Å². The van der Waals surface area contributed by atoms with Gasteiger partial charge in [-0.1, -0.05) is 17.7 Å². The molecule has 0 N–H and O–H groups in total. The fourth-order valence-corrected chi connectivity index (χ4v) is 3.84. The van der Waals surface area contributed by atoms with Crippen LogP contribution in [0.2, 0.25) is 0 Å². The number of anilines is 1. The molecule has 1 aromatic rings. The Bertz CT molecular complexity index is 620. The van der Waals surface area contributed by atoms with Gasteiger partial charge in [0, 0.05) is 26.1 Å². The molecule has 1 aliphatic heterocycles. The lowest BCUT2D eigenvalue weighted by Crippen LogP contribution is -2.36. The van der Waals surface area contributed by atoms with Crippen molar-refractivity contribution in [3.05, 3.63) is 29.8 Å². The third kappa shape index (κ3) is 5.23. The number of aryl methyl sites for hydroxylation is 1. The van der Waals surface area contributed by atoms with Gasteiger partial charge in [0.05, 0.1) is 11.9 Å². The van der Waals surface area contributed by atoms with E-state index in [9.17, 15) is 13.2 Å². The van der Waals surface area contributed by atoms with E-state index in [2.05, 4.69) is 0 Å². The average molecular weight is 338 g/mol. The molecule has 0 aromatic heterocycles. The predicted molar refractivity (Wildman–Crippen MR) is 93.0 cm³/mol. The topological polar surface area (TPSA) is 57.7 Å². The molecular formula is C17H26N2O3S. The Morgan fingerprint density at radius 1 is 1.13 bits per heavy atom. The lowest BCUT2D eigenvalue weighted by molar-refractivity contribution is -0.132. The number of carbonyl (C=O) groups excluding carboxylic acids is 1. The third-order valence-corrected chi connectivity index (χ3v) is 5.38. The number of sulfonamides is 1. The number of amides is 1. The van der Waals surface area contributed by atoms with Crippen molar-refractivity contribution >= 4 is 21.6 Å². The third-order valence-electron chi connectivity index (χ3n) is 4.18. The summed E-state index contributed by atoms with van der Waals surface area (Å²) in [6.45, 7) is 3.98. The monoisotopic (exact) mass is 338 g/mol. The Morgan fingerprint density at radius 2 is 1.74 bits per heavy atom. The molecule has 0 atom stereocenters. The van der Waals surface area contributed by atoms with Crippen molar-refractivity contribution in [2.45, 2.75) is 39.0 Å². The van der Waals surface area contributed by atoms with Crippen molar-refractivity contribution in [3.63, 3.8) is 0 Å². The summed E-state index contributed by atoms with van der Waals surface area (Å²) in [5.41, 5.74) is 1.74. The number of benzene rings is 1. The Balaban J connectivity index is 1.94. The van der Waals surface area contributed by atoms with Crippen LogP contribution in [0.5, 0.6) is 0 Å². The van der Waals surface area contributed by atoms with E-state index < -0.39 is 10.0 Å². The molecule has 1 saturated heterocycles. The fraction of sp³-hybridized carbons (Fsp3) is 0.588. The molecule has 1 heterocycles. The molecule has 1 aliphatic rings. The highest BCUT2D eigenvalue weighted by molar-refractivity contribution is 7.92. The summed E-state index contributed by atoms with van der Waals surface area (Å²) in [5.74, 6) is 0.141. The smallest absolute Gasteiger partial charge is 0.232 e. The first-order chi connectivity index (χ1) is 10.9. The van der Waals surface area contributed by atoms with Crippen LogP contribution in [-0.4, -0.2) is 45.1 Å². The molecule has 2 rings (SSSR count). The van der Waals surface area contributed by atoms with Gasteiger partial charge >= 0.3 is 0 Å². The van der Waals surface area contributed by atoms with Crippen molar-refractivity contribution in [2.24, 2.45) is 0 Å². The Morgan fingerprint density at radius 3 is 2.30 bits per heavy atom. The van der Waals surface area contributed by atoms with Crippen molar-refractivity contribution in [1.29, 1.82) is 0 Å². The molecule has 128 valence electrons. The number of nitrogens with zero attached hydrogens (tertiary/aromatic N) is 2. The summed E-state index contributed by atoms with van der Waals surface area (Å²) in [6, 6.07) is 7.41. The van der Waals surface area contributed by atoms with Gasteiger partial charge in [-0.15, -0.1) is 0 Å². The molecule has 0 spiro atoms. The summed E-state index contributed by atoms with van der Waals surface area (Å²) >= 11 is 0. The number of hydrogen-bond donors (Lipinski definition) is 0. The van der Waals surface area contributed by atoms with Crippen molar-refractivity contribution in [3.8, 4) is 0 Å². The maximum Gasteiger partial charge on any atom is 0.232 e. The van der Waals surface area contributed by atoms with Crippen LogP contribution in [-0.2, 0) is 14.8 Å². The molecule has 1 amide bonds. The van der Waals surface area contributed by atoms with E-state index in [0.717, 1.165) is 31.5 Å². The standard InChI is InChI=1S/C17H26N2O3S/c1-15-8-10-16(11-9-15)19(23(2,21)22)14-6-7-17(20)18-12-4-3-5-13-18/h8-11H,3-7,12-14H2,1-2H3. The summed E-state index contributed by atoms with van der Waals surface area (Å²) < 4.78 is 25.4. The molecule has 1 aromatic carbocycles. The minimum absolute atomic E-state index is 0.141. The predicted octanol–water partition coefficient (Wildman–Crippen LogP) is 2.55. The van der Waals surface area contributed by atoms with Crippen LogP contribution in [0, 0.1) is 6.92 Å². The summed E-state index contributed by atoms with van der Waals surface area (Å²) in [7, 11) is -3.35. The molecule has 0 unspecified atom stereocenters. The molecule has 0 aliphatic carbocycles. The second-order valence-corrected chi connectivity index (χ2v) is 8.12. The molecule has 0 saturated carbocycles.